The maximum Gasteiger partial charge on any atom is 2.00 e. The van der Waals surface area contributed by atoms with E-state index in [-0.39, 0.29) is 71.4 Å². The molecule has 0 aromatic heterocycles. The zero-order valence-corrected chi connectivity index (χ0v) is 19.9. The molecule has 0 fully saturated rings. The van der Waals surface area contributed by atoms with Gasteiger partial charge in [-0.3, -0.25) is 0 Å². The molecule has 0 saturated heterocycles. The van der Waals surface area contributed by atoms with Crippen LogP contribution in [0.5, 0.6) is 0 Å². The number of rotatable bonds is 16. The predicted octanol–water partition coefficient (Wildman–Crippen LogP) is -1.37. The zero-order chi connectivity index (χ0) is 14.9. The van der Waals surface area contributed by atoms with Crippen molar-refractivity contribution in [2.45, 2.75) is 110 Å². The van der Waals surface area contributed by atoms with E-state index >= 15 is 0 Å². The molecular formula is C18H35ClMgNaO2+. The topological polar surface area (TPSA) is 40.1 Å². The number of carboxylic acids is 1. The molecule has 0 amide bonds. The van der Waals surface area contributed by atoms with E-state index < -0.39 is 5.97 Å². The van der Waals surface area contributed by atoms with Crippen LogP contribution in [0.2, 0.25) is 0 Å². The Kier molecular flexibility index (Phi) is 39.7. The smallest absolute Gasteiger partial charge is 1.00 e. The van der Waals surface area contributed by atoms with Crippen LogP contribution < -0.4 is 47.1 Å². The van der Waals surface area contributed by atoms with Crippen molar-refractivity contribution in [1.82, 2.24) is 0 Å². The first kappa shape index (κ1) is 32.2. The molecule has 0 rings (SSSR count). The largest absolute Gasteiger partial charge is 2.00 e. The maximum absolute atomic E-state index is 10.2. The molecular weight excluding hydrogens is 331 g/mol. The molecule has 23 heavy (non-hydrogen) atoms. The van der Waals surface area contributed by atoms with Crippen molar-refractivity contribution in [2.24, 2.45) is 0 Å². The summed E-state index contributed by atoms with van der Waals surface area (Å²) >= 11 is 0. The minimum absolute atomic E-state index is 0. The summed E-state index contributed by atoms with van der Waals surface area (Å²) in [6, 6.07) is 0. The fourth-order valence-corrected chi connectivity index (χ4v) is 2.64. The Balaban J connectivity index is -0.000000602. The van der Waals surface area contributed by atoms with E-state index in [1.165, 1.54) is 83.5 Å². The average Bonchev–Trinajstić information content (AvgIpc) is 2.43. The predicted molar refractivity (Wildman–Crippen MR) is 90.3 cm³/mol. The molecule has 0 aliphatic carbocycles. The van der Waals surface area contributed by atoms with E-state index in [1.54, 1.807) is 0 Å². The van der Waals surface area contributed by atoms with Crippen molar-refractivity contribution < 1.29 is 51.9 Å². The quantitative estimate of drug-likeness (QED) is 0.250. The molecule has 0 bridgehead atoms. The Morgan fingerprint density at radius 1 is 0.652 bits per heavy atom. The number of carbonyl (C=O) groups is 1. The summed E-state index contributed by atoms with van der Waals surface area (Å²) in [4.78, 5) is 10.2. The van der Waals surface area contributed by atoms with Crippen LogP contribution in [-0.4, -0.2) is 29.0 Å². The van der Waals surface area contributed by atoms with Gasteiger partial charge in [-0.25, -0.2) is 0 Å². The second kappa shape index (κ2) is 28.3. The van der Waals surface area contributed by atoms with Crippen LogP contribution in [0.4, 0.5) is 0 Å². The summed E-state index contributed by atoms with van der Waals surface area (Å²) in [5.41, 5.74) is 0. The van der Waals surface area contributed by atoms with Crippen molar-refractivity contribution >= 4 is 29.0 Å². The van der Waals surface area contributed by atoms with Crippen molar-refractivity contribution in [2.75, 3.05) is 0 Å². The van der Waals surface area contributed by atoms with Crippen LogP contribution in [0.3, 0.4) is 0 Å². The standard InChI is InChI=1S/C18H36O2.ClH.Mg.Na/c1-2-3-4-5-6-7-8-9-10-11-12-13-14-15-16-17-18(19)20;;;/h2-17H2,1H3,(H,19,20);1H;;/q;;+2;+1/p-2. The van der Waals surface area contributed by atoms with Crippen molar-refractivity contribution in [3.63, 3.8) is 0 Å². The van der Waals surface area contributed by atoms with E-state index in [9.17, 15) is 9.90 Å². The van der Waals surface area contributed by atoms with Gasteiger partial charge in [-0.2, -0.15) is 0 Å². The van der Waals surface area contributed by atoms with E-state index in [4.69, 9.17) is 0 Å². The van der Waals surface area contributed by atoms with Gasteiger partial charge in [0.05, 0.1) is 0 Å². The Hall–Kier alpha value is 1.53. The van der Waals surface area contributed by atoms with E-state index in [0.717, 1.165) is 12.8 Å². The Morgan fingerprint density at radius 2 is 0.913 bits per heavy atom. The summed E-state index contributed by atoms with van der Waals surface area (Å²) in [6.45, 7) is 2.27. The van der Waals surface area contributed by atoms with Gasteiger partial charge in [0, 0.05) is 5.97 Å². The molecule has 0 unspecified atom stereocenters. The molecule has 0 aromatic rings. The molecule has 5 heteroatoms. The Labute approximate surface area is 189 Å². The van der Waals surface area contributed by atoms with Crippen molar-refractivity contribution in [3.05, 3.63) is 0 Å². The summed E-state index contributed by atoms with van der Waals surface area (Å²) in [7, 11) is 0. The second-order valence-corrected chi connectivity index (χ2v) is 6.07. The molecule has 0 radical (unpaired) electrons. The molecule has 0 aromatic carbocycles. The number of carbonyl (C=O) groups excluding carboxylic acids is 1. The minimum Gasteiger partial charge on any atom is -1.00 e. The Bertz CT molecular complexity index is 219. The molecule has 0 aliphatic rings. The van der Waals surface area contributed by atoms with Crippen LogP contribution >= 0.6 is 0 Å². The molecule has 0 spiro atoms. The molecule has 0 atom stereocenters. The normalized spacial score (nSPS) is 9.43. The van der Waals surface area contributed by atoms with Crippen LogP contribution in [0, 0.1) is 0 Å². The number of halogens is 1. The number of hydrogen-bond acceptors (Lipinski definition) is 2. The first-order valence-electron chi connectivity index (χ1n) is 8.97. The second-order valence-electron chi connectivity index (χ2n) is 6.07. The van der Waals surface area contributed by atoms with Gasteiger partial charge < -0.3 is 22.3 Å². The molecule has 0 N–H and O–H groups in total. The van der Waals surface area contributed by atoms with Crippen LogP contribution in [0.25, 0.3) is 0 Å². The van der Waals surface area contributed by atoms with E-state index in [2.05, 4.69) is 6.92 Å². The fraction of sp³-hybridized carbons (Fsp3) is 0.944. The minimum atomic E-state index is -0.903. The molecule has 0 aliphatic heterocycles. The summed E-state index contributed by atoms with van der Waals surface area (Å²) in [5, 5.41) is 10.2. The molecule has 128 valence electrons. The van der Waals surface area contributed by atoms with Crippen molar-refractivity contribution in [3.8, 4) is 0 Å². The van der Waals surface area contributed by atoms with E-state index in [1.807, 2.05) is 0 Å². The first-order valence-corrected chi connectivity index (χ1v) is 8.97. The van der Waals surface area contributed by atoms with Gasteiger partial charge in [0.15, 0.2) is 0 Å². The van der Waals surface area contributed by atoms with Gasteiger partial charge in [0.25, 0.3) is 0 Å². The summed E-state index contributed by atoms with van der Waals surface area (Å²) in [5.74, 6) is -0.903. The molecule has 0 saturated carbocycles. The summed E-state index contributed by atoms with van der Waals surface area (Å²) < 4.78 is 0. The van der Waals surface area contributed by atoms with Crippen molar-refractivity contribution in [1.29, 1.82) is 0 Å². The van der Waals surface area contributed by atoms with Crippen LogP contribution in [0.15, 0.2) is 0 Å². The van der Waals surface area contributed by atoms with Crippen LogP contribution in [0.1, 0.15) is 110 Å². The average molecular weight is 366 g/mol. The zero-order valence-electron chi connectivity index (χ0n) is 15.7. The Morgan fingerprint density at radius 3 is 1.17 bits per heavy atom. The van der Waals surface area contributed by atoms with Gasteiger partial charge in [-0.15, -0.1) is 0 Å². The number of unbranched alkanes of at least 4 members (excludes halogenated alkanes) is 14. The van der Waals surface area contributed by atoms with Gasteiger partial charge in [0.2, 0.25) is 0 Å². The van der Waals surface area contributed by atoms with Gasteiger partial charge in [0.1, 0.15) is 0 Å². The molecule has 2 nitrogen and oxygen atoms in total. The monoisotopic (exact) mass is 365 g/mol. The van der Waals surface area contributed by atoms with E-state index in [0.29, 0.717) is 0 Å². The third kappa shape index (κ3) is 31.8. The maximum atomic E-state index is 10.2. The summed E-state index contributed by atoms with van der Waals surface area (Å²) in [6.07, 6.45) is 19.9. The number of aliphatic carboxylic acids is 1. The fourth-order valence-electron chi connectivity index (χ4n) is 2.64. The third-order valence-corrected chi connectivity index (χ3v) is 3.98. The number of hydrogen-bond donors (Lipinski definition) is 0. The molecule has 0 heterocycles. The number of carboxylic acid groups (broad SMARTS) is 1. The van der Waals surface area contributed by atoms with Crippen LogP contribution in [-0.2, 0) is 4.79 Å². The van der Waals surface area contributed by atoms with Gasteiger partial charge >= 0.3 is 52.6 Å². The van der Waals surface area contributed by atoms with Gasteiger partial charge in [-0.1, -0.05) is 96.8 Å². The first-order chi connectivity index (χ1) is 9.77. The van der Waals surface area contributed by atoms with Gasteiger partial charge in [-0.05, 0) is 12.8 Å². The third-order valence-electron chi connectivity index (χ3n) is 3.98. The SMILES string of the molecule is CCCCCCCCCCCCCCCCCC(=O)[O-].[Cl-].[Mg+2].[Na+].